The second kappa shape index (κ2) is 17.1. The van der Waals surface area contributed by atoms with Gasteiger partial charge >= 0.3 is 401 Å². The molecule has 0 spiro atoms. The molecule has 1 saturated heterocycles. The van der Waals surface area contributed by atoms with Crippen LogP contribution in [0, 0.1) is 0 Å². The summed E-state index contributed by atoms with van der Waals surface area (Å²) >= 11 is -8.28. The summed E-state index contributed by atoms with van der Waals surface area (Å²) < 4.78 is 0.342. The standard InChI is InChI=1S/2C27H26Si2.4CH3.2Sn/c2*1-28(24-15-7-3-8-16-24,25-17-9-4-10-18-25)23-29(2,26-19-11-5-12-20-26)27-21-13-6-14-22-27;;;;;;/h2*3-22H,1-2H3;4*1H3;;. The molecule has 0 radical (unpaired) electrons. The zero-order valence-corrected chi connectivity index (χ0v) is 48.8. The van der Waals surface area contributed by atoms with E-state index >= 15 is 0 Å². The van der Waals surface area contributed by atoms with Crippen molar-refractivity contribution in [1.82, 2.24) is 0 Å². The normalized spacial score (nSPS) is 16.6. The van der Waals surface area contributed by atoms with Gasteiger partial charge in [-0.05, 0) is 0 Å². The molecule has 1 aliphatic heterocycles. The van der Waals surface area contributed by atoms with Crippen molar-refractivity contribution in [3.63, 3.8) is 0 Å². The molecule has 8 aromatic rings. The van der Waals surface area contributed by atoms with E-state index in [0.29, 0.717) is 0 Å². The van der Waals surface area contributed by atoms with Crippen LogP contribution < -0.4 is 41.5 Å². The van der Waals surface area contributed by atoms with Crippen LogP contribution in [0.3, 0.4) is 0 Å². The second-order valence-electron chi connectivity index (χ2n) is 20.2. The molecule has 1 fully saturated rings. The minimum atomic E-state index is -4.14. The molecule has 0 saturated carbocycles. The van der Waals surface area contributed by atoms with E-state index in [-0.39, 0.29) is 1.39 Å². The van der Waals surface area contributed by atoms with E-state index < -0.39 is 69.0 Å². The predicted molar refractivity (Wildman–Crippen MR) is 295 cm³/mol. The molecule has 0 unspecified atom stereocenters. The van der Waals surface area contributed by atoms with Gasteiger partial charge in [0.2, 0.25) is 0 Å². The molecule has 0 amide bonds. The van der Waals surface area contributed by atoms with Crippen LogP contribution >= 0.6 is 0 Å². The van der Waals surface area contributed by atoms with E-state index in [4.69, 9.17) is 0 Å². The van der Waals surface area contributed by atoms with Crippen LogP contribution in [0.1, 0.15) is 0 Å². The third-order valence-electron chi connectivity index (χ3n) is 17.6. The molecule has 6 heteroatoms. The summed E-state index contributed by atoms with van der Waals surface area (Å²) in [5.74, 6) is 0. The van der Waals surface area contributed by atoms with Crippen LogP contribution in [0.25, 0.3) is 0 Å². The maximum absolute atomic E-state index is 4.14. The first-order chi connectivity index (χ1) is 30.8. The summed E-state index contributed by atoms with van der Waals surface area (Å²) in [6.45, 7) is 11.7. The SMILES string of the molecule is C[Si](c1ccccc1)(c1ccccc1)[C]1([Si](C)(c2ccccc2)c2ccccc2)[Sn]([CH3])([CH3])[C]([Si](C)(c2ccccc2)c2ccccc2)([Si](C)(c2ccccc2)c2ccccc2)[Sn]1([CH3])[CH3]. The van der Waals surface area contributed by atoms with Crippen molar-refractivity contribution in [2.24, 2.45) is 0 Å². The Labute approximate surface area is 396 Å². The molecule has 64 heavy (non-hydrogen) atoms. The van der Waals surface area contributed by atoms with Crippen molar-refractivity contribution >= 4 is 111 Å². The summed E-state index contributed by atoms with van der Waals surface area (Å²) in [4.78, 5) is 12.4. The molecular formula is C58H64Si4Sn2. The van der Waals surface area contributed by atoms with E-state index in [1.807, 2.05) is 0 Å². The fourth-order valence-electron chi connectivity index (χ4n) is 16.6. The third kappa shape index (κ3) is 5.87. The zero-order chi connectivity index (χ0) is 44.9. The summed E-state index contributed by atoms with van der Waals surface area (Å²) in [6.07, 6.45) is 0. The van der Waals surface area contributed by atoms with Crippen LogP contribution in [0.4, 0.5) is 0 Å². The van der Waals surface area contributed by atoms with Crippen molar-refractivity contribution in [2.45, 2.75) is 47.3 Å². The molecule has 8 aromatic carbocycles. The van der Waals surface area contributed by atoms with Gasteiger partial charge in [0, 0.05) is 0 Å². The molecule has 0 bridgehead atoms. The summed E-state index contributed by atoms with van der Waals surface area (Å²) in [5.41, 5.74) is 0. The van der Waals surface area contributed by atoms with E-state index in [1.54, 1.807) is 41.5 Å². The van der Waals surface area contributed by atoms with Gasteiger partial charge in [-0.2, -0.15) is 0 Å². The third-order valence-corrected chi connectivity index (χ3v) is 179. The van der Waals surface area contributed by atoms with Crippen molar-refractivity contribution in [3.05, 3.63) is 243 Å². The molecule has 0 aromatic heterocycles. The maximum atomic E-state index is 3.10. The first-order valence-electron chi connectivity index (χ1n) is 23.3. The Morgan fingerprint density at radius 2 is 0.328 bits per heavy atom. The summed E-state index contributed by atoms with van der Waals surface area (Å²) in [5, 5.41) is 13.0. The van der Waals surface area contributed by atoms with Gasteiger partial charge in [0.25, 0.3) is 0 Å². The fourth-order valence-corrected chi connectivity index (χ4v) is 272. The molecule has 0 atom stereocenters. The Morgan fingerprint density at radius 3 is 0.438 bits per heavy atom. The van der Waals surface area contributed by atoms with Gasteiger partial charge in [-0.25, -0.2) is 0 Å². The van der Waals surface area contributed by atoms with Crippen LogP contribution in [0.15, 0.2) is 243 Å². The van der Waals surface area contributed by atoms with Crippen molar-refractivity contribution in [1.29, 1.82) is 0 Å². The number of hydrogen-bond donors (Lipinski definition) is 0. The Hall–Kier alpha value is -3.78. The second-order valence-corrected chi connectivity index (χ2v) is 84.5. The van der Waals surface area contributed by atoms with Gasteiger partial charge in [-0.1, -0.05) is 0 Å². The summed E-state index contributed by atoms with van der Waals surface area (Å²) in [7, 11) is -11.2. The van der Waals surface area contributed by atoms with Gasteiger partial charge in [-0.3, -0.25) is 0 Å². The average Bonchev–Trinajstić information content (AvgIpc) is 3.35. The van der Waals surface area contributed by atoms with Crippen molar-refractivity contribution < 1.29 is 0 Å². The first kappa shape index (κ1) is 45.4. The van der Waals surface area contributed by atoms with E-state index in [1.165, 1.54) is 0 Å². The van der Waals surface area contributed by atoms with Crippen LogP contribution in [0.5, 0.6) is 0 Å². The first-order valence-corrected chi connectivity index (χ1v) is 50.4. The molecule has 0 N–H and O–H groups in total. The van der Waals surface area contributed by atoms with Crippen LogP contribution in [-0.2, 0) is 0 Å². The fraction of sp³-hybridized carbons (Fsp3) is 0.172. The van der Waals surface area contributed by atoms with E-state index in [0.717, 1.165) is 0 Å². The molecule has 0 nitrogen and oxygen atoms in total. The number of hydrogen-bond acceptors (Lipinski definition) is 0. The molecular weight excluding hydrogens is 1050 g/mol. The minimum absolute atomic E-state index is 0.171. The van der Waals surface area contributed by atoms with Gasteiger partial charge in [0.15, 0.2) is 0 Å². The Kier molecular flexibility index (Phi) is 12.2. The predicted octanol–water partition coefficient (Wildman–Crippen LogP) is 9.70. The molecule has 1 heterocycles. The van der Waals surface area contributed by atoms with Crippen LogP contribution in [-0.4, -0.2) is 69.0 Å². The van der Waals surface area contributed by atoms with Gasteiger partial charge in [0.1, 0.15) is 0 Å². The average molecular weight is 1110 g/mol. The Bertz CT molecular complexity index is 2260. The summed E-state index contributed by atoms with van der Waals surface area (Å²) in [6, 6.07) is 97.5. The quantitative estimate of drug-likeness (QED) is 0.107. The molecule has 1 aliphatic rings. The van der Waals surface area contributed by atoms with Crippen LogP contribution in [0.2, 0.25) is 47.3 Å². The van der Waals surface area contributed by atoms with E-state index in [2.05, 4.69) is 289 Å². The number of rotatable bonds is 12. The van der Waals surface area contributed by atoms with Gasteiger partial charge in [-0.15, -0.1) is 0 Å². The Balaban J connectivity index is 1.61. The topological polar surface area (TPSA) is 0 Å². The van der Waals surface area contributed by atoms with Crippen molar-refractivity contribution in [3.8, 4) is 0 Å². The molecule has 0 aliphatic carbocycles. The molecule has 9 rings (SSSR count). The number of benzene rings is 8. The van der Waals surface area contributed by atoms with E-state index in [9.17, 15) is 0 Å². The van der Waals surface area contributed by atoms with Gasteiger partial charge in [0.05, 0.1) is 0 Å². The Morgan fingerprint density at radius 1 is 0.219 bits per heavy atom. The zero-order valence-electron chi connectivity index (χ0n) is 39.1. The van der Waals surface area contributed by atoms with Gasteiger partial charge < -0.3 is 0 Å². The van der Waals surface area contributed by atoms with Crippen molar-refractivity contribution in [2.75, 3.05) is 0 Å². The molecule has 320 valence electrons. The monoisotopic (exact) mass is 1110 g/mol.